The molecule has 0 unspecified atom stereocenters. The molecule has 2 N–H and O–H groups in total. The minimum Gasteiger partial charge on any atom is -0.504 e. The van der Waals surface area contributed by atoms with Crippen LogP contribution in [0.3, 0.4) is 0 Å². The summed E-state index contributed by atoms with van der Waals surface area (Å²) < 4.78 is 7.30. The predicted octanol–water partition coefficient (Wildman–Crippen LogP) is 2.61. The number of aromatic nitrogens is 3. The van der Waals surface area contributed by atoms with Crippen LogP contribution in [0.5, 0.6) is 11.5 Å². The molecule has 0 atom stereocenters. The highest BCUT2D eigenvalue weighted by atomic mass is 16.5. The first-order chi connectivity index (χ1) is 14.0. The number of likely N-dealkylation sites (tertiary alicyclic amines) is 1. The Morgan fingerprint density at radius 1 is 1.34 bits per heavy atom. The molecule has 1 aliphatic heterocycles. The Bertz CT molecular complexity index is 812. The minimum atomic E-state index is -0.167. The zero-order valence-electron chi connectivity index (χ0n) is 17.5. The zero-order chi connectivity index (χ0) is 20.8. The van der Waals surface area contributed by atoms with Gasteiger partial charge in [-0.3, -0.25) is 9.69 Å². The van der Waals surface area contributed by atoms with Crippen molar-refractivity contribution in [2.24, 2.45) is 5.92 Å². The summed E-state index contributed by atoms with van der Waals surface area (Å²) in [5.74, 6) is 0.941. The third kappa shape index (κ3) is 5.69. The van der Waals surface area contributed by atoms with Crippen LogP contribution >= 0.6 is 0 Å². The summed E-state index contributed by atoms with van der Waals surface area (Å²) in [6.45, 7) is 9.85. The molecule has 1 amide bonds. The molecular weight excluding hydrogens is 370 g/mol. The Labute approximate surface area is 171 Å². The summed E-state index contributed by atoms with van der Waals surface area (Å²) in [6, 6.07) is 5.78. The second-order valence-corrected chi connectivity index (χ2v) is 7.93. The van der Waals surface area contributed by atoms with Crippen molar-refractivity contribution in [3.63, 3.8) is 0 Å². The Hall–Kier alpha value is -2.61. The van der Waals surface area contributed by atoms with E-state index in [4.69, 9.17) is 4.74 Å². The lowest BCUT2D eigenvalue weighted by Gasteiger charge is -2.31. The molecule has 0 radical (unpaired) electrons. The van der Waals surface area contributed by atoms with E-state index in [2.05, 4.69) is 34.4 Å². The van der Waals surface area contributed by atoms with Gasteiger partial charge in [-0.05, 0) is 43.4 Å². The molecule has 1 aromatic carbocycles. The van der Waals surface area contributed by atoms with Crippen LogP contribution in [-0.2, 0) is 6.54 Å². The molecule has 2 aromatic rings. The highest BCUT2D eigenvalue weighted by Crippen LogP contribution is 2.28. The van der Waals surface area contributed by atoms with Crippen molar-refractivity contribution in [1.82, 2.24) is 25.2 Å². The van der Waals surface area contributed by atoms with Crippen LogP contribution in [0, 0.1) is 5.92 Å². The fourth-order valence-electron chi connectivity index (χ4n) is 3.47. The molecular formula is C21H31N5O3. The van der Waals surface area contributed by atoms with E-state index < -0.39 is 0 Å². The summed E-state index contributed by atoms with van der Waals surface area (Å²) in [7, 11) is 0. The first-order valence-electron chi connectivity index (χ1n) is 10.3. The number of hydrogen-bond acceptors (Lipinski definition) is 6. The first kappa shape index (κ1) is 21.1. The molecule has 0 saturated carbocycles. The van der Waals surface area contributed by atoms with Gasteiger partial charge >= 0.3 is 0 Å². The molecule has 29 heavy (non-hydrogen) atoms. The van der Waals surface area contributed by atoms with E-state index in [0.717, 1.165) is 38.0 Å². The Morgan fingerprint density at radius 3 is 2.79 bits per heavy atom. The molecule has 2 heterocycles. The number of carbonyl (C=O) groups is 1. The van der Waals surface area contributed by atoms with Gasteiger partial charge in [0, 0.05) is 26.2 Å². The molecule has 8 heteroatoms. The van der Waals surface area contributed by atoms with Gasteiger partial charge in [-0.25, -0.2) is 4.68 Å². The molecule has 158 valence electrons. The van der Waals surface area contributed by atoms with E-state index in [9.17, 15) is 9.90 Å². The average Bonchev–Trinajstić information content (AvgIpc) is 3.20. The van der Waals surface area contributed by atoms with Gasteiger partial charge < -0.3 is 15.2 Å². The molecule has 1 aliphatic rings. The number of benzene rings is 1. The van der Waals surface area contributed by atoms with Crippen molar-refractivity contribution in [3.05, 3.63) is 35.7 Å². The van der Waals surface area contributed by atoms with E-state index in [1.54, 1.807) is 12.3 Å². The monoisotopic (exact) mass is 401 g/mol. The number of phenols is 1. The van der Waals surface area contributed by atoms with Gasteiger partial charge in [0.25, 0.3) is 5.91 Å². The highest BCUT2D eigenvalue weighted by Gasteiger charge is 2.23. The van der Waals surface area contributed by atoms with Crippen LogP contribution in [0.1, 0.15) is 55.7 Å². The average molecular weight is 402 g/mol. The predicted molar refractivity (Wildman–Crippen MR) is 110 cm³/mol. The summed E-state index contributed by atoms with van der Waals surface area (Å²) in [5.41, 5.74) is 1.50. The number of rotatable bonds is 8. The zero-order valence-corrected chi connectivity index (χ0v) is 17.5. The summed E-state index contributed by atoms with van der Waals surface area (Å²) in [4.78, 5) is 14.5. The Morgan fingerprint density at radius 2 is 2.10 bits per heavy atom. The number of ether oxygens (including phenoxy) is 1. The number of phenolic OH excluding ortho intramolecular Hbond substituents is 1. The fraction of sp³-hybridized carbons (Fsp3) is 0.571. The maximum Gasteiger partial charge on any atom is 0.273 e. The quantitative estimate of drug-likeness (QED) is 0.706. The highest BCUT2D eigenvalue weighted by molar-refractivity contribution is 5.91. The normalized spacial score (nSPS) is 15.6. The van der Waals surface area contributed by atoms with Crippen molar-refractivity contribution >= 4 is 5.91 Å². The van der Waals surface area contributed by atoms with Gasteiger partial charge in [-0.2, -0.15) is 0 Å². The van der Waals surface area contributed by atoms with Crippen LogP contribution in [0.2, 0.25) is 0 Å². The second kappa shape index (κ2) is 9.73. The smallest absolute Gasteiger partial charge is 0.273 e. The van der Waals surface area contributed by atoms with E-state index in [0.29, 0.717) is 30.5 Å². The number of amides is 1. The Balaban J connectivity index is 1.52. The van der Waals surface area contributed by atoms with Gasteiger partial charge in [-0.15, -0.1) is 5.10 Å². The lowest BCUT2D eigenvalue weighted by Crippen LogP contribution is -2.34. The summed E-state index contributed by atoms with van der Waals surface area (Å²) in [5, 5.41) is 21.0. The van der Waals surface area contributed by atoms with Crippen LogP contribution in [0.25, 0.3) is 0 Å². The van der Waals surface area contributed by atoms with Crippen LogP contribution in [-0.4, -0.2) is 57.1 Å². The van der Waals surface area contributed by atoms with Gasteiger partial charge in [0.1, 0.15) is 0 Å². The molecule has 0 spiro atoms. The molecule has 0 bridgehead atoms. The number of aromatic hydroxyl groups is 1. The van der Waals surface area contributed by atoms with Crippen molar-refractivity contribution in [3.8, 4) is 11.5 Å². The van der Waals surface area contributed by atoms with Gasteiger partial charge in [0.15, 0.2) is 17.2 Å². The molecule has 3 rings (SSSR count). The summed E-state index contributed by atoms with van der Waals surface area (Å²) >= 11 is 0. The summed E-state index contributed by atoms with van der Waals surface area (Å²) in [6.07, 6.45) is 3.66. The topological polar surface area (TPSA) is 92.5 Å². The molecule has 0 aliphatic carbocycles. The van der Waals surface area contributed by atoms with Crippen LogP contribution in [0.4, 0.5) is 0 Å². The van der Waals surface area contributed by atoms with Gasteiger partial charge in [0.05, 0.1) is 18.8 Å². The maximum atomic E-state index is 12.1. The second-order valence-electron chi connectivity index (χ2n) is 7.93. The lowest BCUT2D eigenvalue weighted by molar-refractivity contribution is 0.0944. The van der Waals surface area contributed by atoms with E-state index in [1.165, 1.54) is 0 Å². The van der Waals surface area contributed by atoms with Crippen molar-refractivity contribution in [2.75, 3.05) is 26.2 Å². The molecule has 1 saturated heterocycles. The maximum absolute atomic E-state index is 12.1. The van der Waals surface area contributed by atoms with E-state index >= 15 is 0 Å². The van der Waals surface area contributed by atoms with Crippen molar-refractivity contribution in [1.29, 1.82) is 0 Å². The van der Waals surface area contributed by atoms with Crippen LogP contribution in [0.15, 0.2) is 24.4 Å². The van der Waals surface area contributed by atoms with Gasteiger partial charge in [-0.1, -0.05) is 25.1 Å². The molecule has 8 nitrogen and oxygen atoms in total. The number of hydrogen-bond donors (Lipinski definition) is 2. The number of nitrogens with zero attached hydrogens (tertiary/aromatic N) is 4. The van der Waals surface area contributed by atoms with Gasteiger partial charge in [0.2, 0.25) is 0 Å². The molecule has 1 aromatic heterocycles. The number of carbonyl (C=O) groups excluding carboxylic acids is 1. The SMILES string of the molecule is CCOc1cc(CN2CCC(n3cc(C(=O)NCC(C)C)nn3)CC2)ccc1O. The van der Waals surface area contributed by atoms with Crippen molar-refractivity contribution < 1.29 is 14.6 Å². The van der Waals surface area contributed by atoms with E-state index in [1.807, 2.05) is 23.7 Å². The first-order valence-corrected chi connectivity index (χ1v) is 10.3. The third-order valence-electron chi connectivity index (χ3n) is 5.08. The van der Waals surface area contributed by atoms with Crippen molar-refractivity contribution in [2.45, 2.75) is 46.2 Å². The molecule has 1 fully saturated rings. The minimum absolute atomic E-state index is 0.167. The largest absolute Gasteiger partial charge is 0.504 e. The Kier molecular flexibility index (Phi) is 7.09. The number of nitrogens with one attached hydrogen (secondary N) is 1. The number of piperidine rings is 1. The third-order valence-corrected chi connectivity index (χ3v) is 5.08. The lowest BCUT2D eigenvalue weighted by atomic mass is 10.0. The standard InChI is InChI=1S/C21H31N5O3/c1-4-29-20-11-16(5-6-19(20)27)13-25-9-7-17(8-10-25)26-14-18(23-24-26)21(28)22-12-15(2)3/h5-6,11,14-15,17,27H,4,7-10,12-13H2,1-3H3,(H,22,28). The fourth-order valence-corrected chi connectivity index (χ4v) is 3.47. The van der Waals surface area contributed by atoms with E-state index in [-0.39, 0.29) is 17.7 Å². The van der Waals surface area contributed by atoms with Crippen LogP contribution < -0.4 is 10.1 Å².